The first-order chi connectivity index (χ1) is 8.67. The molecule has 3 nitrogen and oxygen atoms in total. The van der Waals surface area contributed by atoms with Crippen molar-refractivity contribution < 1.29 is 4.79 Å². The van der Waals surface area contributed by atoms with Crippen LogP contribution >= 0.6 is 0 Å². The van der Waals surface area contributed by atoms with Crippen LogP contribution in [-0.2, 0) is 4.79 Å². The second-order valence-corrected chi connectivity index (χ2v) is 6.38. The first kappa shape index (κ1) is 13.9. The largest absolute Gasteiger partial charge is 0.343 e. The van der Waals surface area contributed by atoms with Crippen LogP contribution in [0, 0.1) is 5.41 Å². The highest BCUT2D eigenvalue weighted by atomic mass is 16.2. The Morgan fingerprint density at radius 1 is 1.17 bits per heavy atom. The third kappa shape index (κ3) is 3.05. The molecule has 2 aliphatic carbocycles. The van der Waals surface area contributed by atoms with E-state index in [2.05, 4.69) is 0 Å². The molecule has 3 heteroatoms. The van der Waals surface area contributed by atoms with Gasteiger partial charge in [0.05, 0.1) is 0 Å². The minimum atomic E-state index is 0.149. The standard InChI is InChI=1S/C15H28N2O/c1-17(13-7-4-2-3-5-8-13)14(18)11-15(12-16)9-6-10-15/h13H,2-12,16H2,1H3. The lowest BCUT2D eigenvalue weighted by molar-refractivity contribution is -0.136. The van der Waals surface area contributed by atoms with E-state index in [1.54, 1.807) is 0 Å². The lowest BCUT2D eigenvalue weighted by Gasteiger charge is -2.42. The van der Waals surface area contributed by atoms with Crippen molar-refractivity contribution in [2.24, 2.45) is 11.1 Å². The van der Waals surface area contributed by atoms with E-state index in [9.17, 15) is 4.79 Å². The van der Waals surface area contributed by atoms with Crippen LogP contribution in [0.4, 0.5) is 0 Å². The Hall–Kier alpha value is -0.570. The zero-order chi connectivity index (χ0) is 13.0. The van der Waals surface area contributed by atoms with Crippen LogP contribution in [0.15, 0.2) is 0 Å². The zero-order valence-electron chi connectivity index (χ0n) is 11.8. The molecule has 2 N–H and O–H groups in total. The number of carbonyl (C=O) groups excluding carboxylic acids is 1. The van der Waals surface area contributed by atoms with Gasteiger partial charge in [-0.2, -0.15) is 0 Å². The van der Waals surface area contributed by atoms with Crippen LogP contribution < -0.4 is 5.73 Å². The van der Waals surface area contributed by atoms with Crippen molar-refractivity contribution >= 4 is 5.91 Å². The minimum Gasteiger partial charge on any atom is -0.343 e. The van der Waals surface area contributed by atoms with Gasteiger partial charge in [0.25, 0.3) is 0 Å². The third-order valence-corrected chi connectivity index (χ3v) is 5.14. The fraction of sp³-hybridized carbons (Fsp3) is 0.933. The van der Waals surface area contributed by atoms with Crippen LogP contribution in [0.3, 0.4) is 0 Å². The van der Waals surface area contributed by atoms with E-state index in [-0.39, 0.29) is 5.41 Å². The second-order valence-electron chi connectivity index (χ2n) is 6.38. The zero-order valence-corrected chi connectivity index (χ0v) is 11.8. The monoisotopic (exact) mass is 252 g/mol. The highest BCUT2D eigenvalue weighted by Gasteiger charge is 2.38. The van der Waals surface area contributed by atoms with Gasteiger partial charge >= 0.3 is 0 Å². The van der Waals surface area contributed by atoms with E-state index in [1.807, 2.05) is 11.9 Å². The van der Waals surface area contributed by atoms with E-state index in [0.29, 0.717) is 24.9 Å². The SMILES string of the molecule is CN(C(=O)CC1(CN)CCC1)C1CCCCCC1. The fourth-order valence-electron chi connectivity index (χ4n) is 3.42. The smallest absolute Gasteiger partial charge is 0.223 e. The summed E-state index contributed by atoms with van der Waals surface area (Å²) in [6.07, 6.45) is 11.8. The maximum Gasteiger partial charge on any atom is 0.223 e. The summed E-state index contributed by atoms with van der Waals surface area (Å²) >= 11 is 0. The summed E-state index contributed by atoms with van der Waals surface area (Å²) in [5.41, 5.74) is 6.00. The molecule has 0 radical (unpaired) electrons. The summed E-state index contributed by atoms with van der Waals surface area (Å²) in [6, 6.07) is 0.481. The summed E-state index contributed by atoms with van der Waals surface area (Å²) in [7, 11) is 2.00. The maximum atomic E-state index is 12.4. The van der Waals surface area contributed by atoms with Gasteiger partial charge in [-0.25, -0.2) is 0 Å². The van der Waals surface area contributed by atoms with Crippen molar-refractivity contribution in [3.05, 3.63) is 0 Å². The van der Waals surface area contributed by atoms with E-state index in [0.717, 1.165) is 12.8 Å². The fourth-order valence-corrected chi connectivity index (χ4v) is 3.42. The molecule has 0 aliphatic heterocycles. The topological polar surface area (TPSA) is 46.3 Å². The Labute approximate surface area is 111 Å². The molecule has 1 amide bonds. The molecule has 0 saturated heterocycles. The Bertz CT molecular complexity index is 273. The number of amides is 1. The van der Waals surface area contributed by atoms with Crippen molar-refractivity contribution in [3.63, 3.8) is 0 Å². The number of hydrogen-bond acceptors (Lipinski definition) is 2. The molecule has 0 aromatic rings. The van der Waals surface area contributed by atoms with Crippen molar-refractivity contribution in [2.75, 3.05) is 13.6 Å². The van der Waals surface area contributed by atoms with Crippen LogP contribution in [0.2, 0.25) is 0 Å². The lowest BCUT2D eigenvalue weighted by Crippen LogP contribution is -2.44. The van der Waals surface area contributed by atoms with Gasteiger partial charge in [0.1, 0.15) is 0 Å². The Kier molecular flexibility index (Phi) is 4.66. The van der Waals surface area contributed by atoms with Crippen LogP contribution in [0.25, 0.3) is 0 Å². The number of hydrogen-bond donors (Lipinski definition) is 1. The first-order valence-corrected chi connectivity index (χ1v) is 7.63. The summed E-state index contributed by atoms with van der Waals surface area (Å²) in [5, 5.41) is 0. The van der Waals surface area contributed by atoms with Gasteiger partial charge in [-0.05, 0) is 37.6 Å². The molecule has 104 valence electrons. The average Bonchev–Trinajstić information content (AvgIpc) is 2.61. The quantitative estimate of drug-likeness (QED) is 0.782. The summed E-state index contributed by atoms with van der Waals surface area (Å²) in [6.45, 7) is 0.678. The highest BCUT2D eigenvalue weighted by molar-refractivity contribution is 5.77. The molecule has 2 fully saturated rings. The van der Waals surface area contributed by atoms with Gasteiger partial charge in [0.2, 0.25) is 5.91 Å². The van der Waals surface area contributed by atoms with Gasteiger partial charge in [-0.1, -0.05) is 32.1 Å². The van der Waals surface area contributed by atoms with Gasteiger partial charge in [-0.3, -0.25) is 4.79 Å². The third-order valence-electron chi connectivity index (χ3n) is 5.14. The van der Waals surface area contributed by atoms with Crippen LogP contribution in [0.5, 0.6) is 0 Å². The van der Waals surface area contributed by atoms with E-state index in [1.165, 1.54) is 44.9 Å². The molecule has 0 unspecified atom stereocenters. The highest BCUT2D eigenvalue weighted by Crippen LogP contribution is 2.43. The molecular weight excluding hydrogens is 224 g/mol. The van der Waals surface area contributed by atoms with Crippen molar-refractivity contribution in [1.82, 2.24) is 4.90 Å². The molecule has 0 aromatic heterocycles. The summed E-state index contributed by atoms with van der Waals surface area (Å²) in [5.74, 6) is 0.326. The van der Waals surface area contributed by atoms with Gasteiger partial charge in [0, 0.05) is 19.5 Å². The molecule has 0 heterocycles. The molecular formula is C15H28N2O. The molecule has 2 rings (SSSR count). The Morgan fingerprint density at radius 2 is 1.78 bits per heavy atom. The molecule has 0 aromatic carbocycles. The number of rotatable bonds is 4. The molecule has 2 aliphatic rings. The maximum absolute atomic E-state index is 12.4. The average molecular weight is 252 g/mol. The second kappa shape index (κ2) is 6.05. The number of nitrogens with zero attached hydrogens (tertiary/aromatic N) is 1. The van der Waals surface area contributed by atoms with Crippen molar-refractivity contribution in [2.45, 2.75) is 70.3 Å². The molecule has 0 atom stereocenters. The van der Waals surface area contributed by atoms with E-state index in [4.69, 9.17) is 5.73 Å². The minimum absolute atomic E-state index is 0.149. The van der Waals surface area contributed by atoms with Crippen molar-refractivity contribution in [1.29, 1.82) is 0 Å². The predicted octanol–water partition coefficient (Wildman–Crippen LogP) is 2.69. The molecule has 0 bridgehead atoms. The number of carbonyl (C=O) groups is 1. The molecule has 18 heavy (non-hydrogen) atoms. The van der Waals surface area contributed by atoms with Gasteiger partial charge < -0.3 is 10.6 Å². The Morgan fingerprint density at radius 3 is 2.22 bits per heavy atom. The van der Waals surface area contributed by atoms with Gasteiger partial charge in [-0.15, -0.1) is 0 Å². The van der Waals surface area contributed by atoms with Crippen LogP contribution in [0.1, 0.15) is 64.2 Å². The van der Waals surface area contributed by atoms with E-state index >= 15 is 0 Å². The first-order valence-electron chi connectivity index (χ1n) is 7.63. The van der Waals surface area contributed by atoms with E-state index < -0.39 is 0 Å². The molecule has 2 saturated carbocycles. The number of nitrogens with two attached hydrogens (primary N) is 1. The summed E-state index contributed by atoms with van der Waals surface area (Å²) < 4.78 is 0. The van der Waals surface area contributed by atoms with Gasteiger partial charge in [0.15, 0.2) is 0 Å². The normalized spacial score (nSPS) is 24.1. The van der Waals surface area contributed by atoms with Crippen LogP contribution in [-0.4, -0.2) is 30.4 Å². The molecule has 0 spiro atoms. The lowest BCUT2D eigenvalue weighted by atomic mass is 9.66. The Balaban J connectivity index is 1.87. The van der Waals surface area contributed by atoms with Crippen molar-refractivity contribution in [3.8, 4) is 0 Å². The summed E-state index contributed by atoms with van der Waals surface area (Å²) in [4.78, 5) is 14.4. The predicted molar refractivity (Wildman–Crippen MR) is 74.2 cm³/mol.